The van der Waals surface area contributed by atoms with Crippen LogP contribution in [0.3, 0.4) is 0 Å². The van der Waals surface area contributed by atoms with Gasteiger partial charge in [-0.1, -0.05) is 41.4 Å². The second kappa shape index (κ2) is 8.88. The molecule has 4 nitrogen and oxygen atoms in total. The SMILES string of the molecule is CC(=O)N(CC(=O)NCCc1cccc(Cl)c1)c1cc(Cl)ccc1C. The lowest BCUT2D eigenvalue weighted by molar-refractivity contribution is -0.123. The van der Waals surface area contributed by atoms with Crippen molar-refractivity contribution in [3.8, 4) is 0 Å². The molecule has 0 fully saturated rings. The van der Waals surface area contributed by atoms with E-state index >= 15 is 0 Å². The molecule has 0 heterocycles. The molecule has 0 aromatic heterocycles. The predicted octanol–water partition coefficient (Wildman–Crippen LogP) is 4.01. The van der Waals surface area contributed by atoms with E-state index in [0.717, 1.165) is 11.1 Å². The molecule has 2 aromatic rings. The number of anilines is 1. The summed E-state index contributed by atoms with van der Waals surface area (Å²) >= 11 is 12.0. The van der Waals surface area contributed by atoms with Gasteiger partial charge in [-0.15, -0.1) is 0 Å². The highest BCUT2D eigenvalue weighted by atomic mass is 35.5. The minimum absolute atomic E-state index is 0.0495. The summed E-state index contributed by atoms with van der Waals surface area (Å²) in [6.07, 6.45) is 0.669. The maximum atomic E-state index is 12.2. The number of aryl methyl sites for hydroxylation is 1. The normalized spacial score (nSPS) is 10.4. The maximum absolute atomic E-state index is 12.2. The zero-order chi connectivity index (χ0) is 18.4. The van der Waals surface area contributed by atoms with Gasteiger partial charge in [0, 0.05) is 29.2 Å². The van der Waals surface area contributed by atoms with Gasteiger partial charge in [-0.25, -0.2) is 0 Å². The molecule has 0 radical (unpaired) electrons. The van der Waals surface area contributed by atoms with Gasteiger partial charge < -0.3 is 10.2 Å². The topological polar surface area (TPSA) is 49.4 Å². The average Bonchev–Trinajstić information content (AvgIpc) is 2.55. The highest BCUT2D eigenvalue weighted by molar-refractivity contribution is 6.31. The second-order valence-corrected chi connectivity index (χ2v) is 6.64. The van der Waals surface area contributed by atoms with Crippen LogP contribution in [0.2, 0.25) is 10.0 Å². The maximum Gasteiger partial charge on any atom is 0.240 e. The molecule has 132 valence electrons. The van der Waals surface area contributed by atoms with Crippen molar-refractivity contribution < 1.29 is 9.59 Å². The molecule has 0 saturated heterocycles. The number of rotatable bonds is 6. The van der Waals surface area contributed by atoms with Gasteiger partial charge >= 0.3 is 0 Å². The van der Waals surface area contributed by atoms with Crippen LogP contribution < -0.4 is 10.2 Å². The Morgan fingerprint density at radius 3 is 2.48 bits per heavy atom. The van der Waals surface area contributed by atoms with Gasteiger partial charge in [-0.05, 0) is 48.7 Å². The van der Waals surface area contributed by atoms with Crippen molar-refractivity contribution in [2.45, 2.75) is 20.3 Å². The minimum Gasteiger partial charge on any atom is -0.354 e. The number of hydrogen-bond donors (Lipinski definition) is 1. The van der Waals surface area contributed by atoms with Crippen molar-refractivity contribution in [1.82, 2.24) is 5.32 Å². The van der Waals surface area contributed by atoms with Crippen LogP contribution in [0.15, 0.2) is 42.5 Å². The van der Waals surface area contributed by atoms with Crippen molar-refractivity contribution in [2.24, 2.45) is 0 Å². The highest BCUT2D eigenvalue weighted by Crippen LogP contribution is 2.24. The quantitative estimate of drug-likeness (QED) is 0.825. The molecule has 25 heavy (non-hydrogen) atoms. The van der Waals surface area contributed by atoms with Gasteiger partial charge in [-0.3, -0.25) is 9.59 Å². The summed E-state index contributed by atoms with van der Waals surface area (Å²) in [5.74, 6) is -0.438. The highest BCUT2D eigenvalue weighted by Gasteiger charge is 2.17. The first-order valence-corrected chi connectivity index (χ1v) is 8.68. The van der Waals surface area contributed by atoms with Gasteiger partial charge in [0.25, 0.3) is 0 Å². The van der Waals surface area contributed by atoms with Crippen LogP contribution in [-0.2, 0) is 16.0 Å². The number of halogens is 2. The van der Waals surface area contributed by atoms with E-state index in [4.69, 9.17) is 23.2 Å². The first kappa shape index (κ1) is 19.3. The number of benzene rings is 2. The molecule has 0 aliphatic heterocycles. The third-order valence-electron chi connectivity index (χ3n) is 3.77. The van der Waals surface area contributed by atoms with E-state index in [1.807, 2.05) is 37.3 Å². The third-order valence-corrected chi connectivity index (χ3v) is 4.24. The number of nitrogens with one attached hydrogen (secondary N) is 1. The molecule has 2 amide bonds. The predicted molar refractivity (Wildman–Crippen MR) is 102 cm³/mol. The first-order valence-electron chi connectivity index (χ1n) is 7.92. The van der Waals surface area contributed by atoms with Gasteiger partial charge in [-0.2, -0.15) is 0 Å². The molecule has 0 atom stereocenters. The Hall–Kier alpha value is -2.04. The fraction of sp³-hybridized carbons (Fsp3) is 0.263. The molecule has 1 N–H and O–H groups in total. The summed E-state index contributed by atoms with van der Waals surface area (Å²) in [7, 11) is 0. The zero-order valence-electron chi connectivity index (χ0n) is 14.2. The van der Waals surface area contributed by atoms with Crippen LogP contribution in [0.4, 0.5) is 5.69 Å². The number of nitrogens with zero attached hydrogens (tertiary/aromatic N) is 1. The van der Waals surface area contributed by atoms with Crippen LogP contribution in [0.5, 0.6) is 0 Å². The van der Waals surface area contributed by atoms with E-state index in [9.17, 15) is 9.59 Å². The largest absolute Gasteiger partial charge is 0.354 e. The van der Waals surface area contributed by atoms with E-state index in [1.165, 1.54) is 11.8 Å². The molecule has 0 aliphatic rings. The van der Waals surface area contributed by atoms with Crippen molar-refractivity contribution >= 4 is 40.7 Å². The molecule has 0 unspecified atom stereocenters. The Morgan fingerprint density at radius 1 is 1.08 bits per heavy atom. The van der Waals surface area contributed by atoms with E-state index in [-0.39, 0.29) is 18.4 Å². The van der Waals surface area contributed by atoms with Crippen LogP contribution in [-0.4, -0.2) is 24.9 Å². The van der Waals surface area contributed by atoms with Gasteiger partial charge in [0.1, 0.15) is 6.54 Å². The van der Waals surface area contributed by atoms with E-state index < -0.39 is 0 Å². The molecule has 2 rings (SSSR count). The number of carbonyl (C=O) groups is 2. The van der Waals surface area contributed by atoms with Crippen molar-refractivity contribution in [2.75, 3.05) is 18.0 Å². The van der Waals surface area contributed by atoms with E-state index in [1.54, 1.807) is 12.1 Å². The Kier molecular flexibility index (Phi) is 6.85. The zero-order valence-corrected chi connectivity index (χ0v) is 15.7. The molecule has 2 aromatic carbocycles. The summed E-state index contributed by atoms with van der Waals surface area (Å²) in [6.45, 7) is 3.73. The van der Waals surface area contributed by atoms with Crippen LogP contribution in [0.1, 0.15) is 18.1 Å². The van der Waals surface area contributed by atoms with E-state index in [0.29, 0.717) is 28.7 Å². The summed E-state index contributed by atoms with van der Waals surface area (Å²) in [5, 5.41) is 4.02. The standard InChI is InChI=1S/C19H20Cl2N2O2/c1-13-6-7-17(21)11-18(13)23(14(2)24)12-19(25)22-9-8-15-4-3-5-16(20)10-15/h3-7,10-11H,8-9,12H2,1-2H3,(H,22,25). The first-order chi connectivity index (χ1) is 11.9. The number of hydrogen-bond acceptors (Lipinski definition) is 2. The monoisotopic (exact) mass is 378 g/mol. The molecule has 6 heteroatoms. The van der Waals surface area contributed by atoms with Crippen LogP contribution in [0.25, 0.3) is 0 Å². The number of carbonyl (C=O) groups excluding carboxylic acids is 2. The Bertz CT molecular complexity index is 778. The lowest BCUT2D eigenvalue weighted by Crippen LogP contribution is -2.40. The van der Waals surface area contributed by atoms with Gasteiger partial charge in [0.15, 0.2) is 0 Å². The molecule has 0 bridgehead atoms. The fourth-order valence-corrected chi connectivity index (χ4v) is 2.86. The molecule has 0 aliphatic carbocycles. The second-order valence-electron chi connectivity index (χ2n) is 5.77. The lowest BCUT2D eigenvalue weighted by atomic mass is 10.1. The Morgan fingerprint density at radius 2 is 1.80 bits per heavy atom. The molecular formula is C19H20Cl2N2O2. The van der Waals surface area contributed by atoms with Crippen LogP contribution in [0, 0.1) is 6.92 Å². The smallest absolute Gasteiger partial charge is 0.240 e. The lowest BCUT2D eigenvalue weighted by Gasteiger charge is -2.23. The third kappa shape index (κ3) is 5.76. The summed E-state index contributed by atoms with van der Waals surface area (Å²) in [5.41, 5.74) is 2.57. The molecular weight excluding hydrogens is 359 g/mol. The van der Waals surface area contributed by atoms with Gasteiger partial charge in [0.2, 0.25) is 11.8 Å². The summed E-state index contributed by atoms with van der Waals surface area (Å²) in [4.78, 5) is 25.6. The minimum atomic E-state index is -0.225. The molecule has 0 saturated carbocycles. The van der Waals surface area contributed by atoms with Crippen molar-refractivity contribution in [3.05, 3.63) is 63.6 Å². The Labute approximate surface area is 157 Å². The summed E-state index contributed by atoms with van der Waals surface area (Å²) in [6, 6.07) is 12.8. The summed E-state index contributed by atoms with van der Waals surface area (Å²) < 4.78 is 0. The van der Waals surface area contributed by atoms with E-state index in [2.05, 4.69) is 5.32 Å². The van der Waals surface area contributed by atoms with Crippen LogP contribution >= 0.6 is 23.2 Å². The average molecular weight is 379 g/mol. The van der Waals surface area contributed by atoms with Gasteiger partial charge in [0.05, 0.1) is 0 Å². The molecule has 0 spiro atoms. The Balaban J connectivity index is 1.96. The van der Waals surface area contributed by atoms with Crippen molar-refractivity contribution in [3.63, 3.8) is 0 Å². The fourth-order valence-electron chi connectivity index (χ4n) is 2.48. The number of amides is 2. The van der Waals surface area contributed by atoms with Crippen molar-refractivity contribution in [1.29, 1.82) is 0 Å².